The molecule has 20 heavy (non-hydrogen) atoms. The SMILES string of the molecule is Cc1nn([C@@H](C)C(=O)N/N=C\c2ccc(F)s2)cc1Br. The van der Waals surface area contributed by atoms with E-state index < -0.39 is 6.04 Å². The molecule has 0 saturated carbocycles. The van der Waals surface area contributed by atoms with Crippen LogP contribution < -0.4 is 5.43 Å². The average Bonchev–Trinajstić information content (AvgIpc) is 2.96. The molecule has 0 spiro atoms. The second-order valence-corrected chi connectivity index (χ2v) is 6.01. The molecule has 0 fully saturated rings. The average molecular weight is 359 g/mol. The largest absolute Gasteiger partial charge is 0.271 e. The van der Waals surface area contributed by atoms with E-state index in [0.29, 0.717) is 4.88 Å². The van der Waals surface area contributed by atoms with Gasteiger partial charge in [0.25, 0.3) is 5.91 Å². The highest BCUT2D eigenvalue weighted by atomic mass is 79.9. The minimum Gasteiger partial charge on any atom is -0.271 e. The predicted octanol–water partition coefficient (Wildman–Crippen LogP) is 2.87. The molecule has 0 unspecified atom stereocenters. The van der Waals surface area contributed by atoms with Crippen molar-refractivity contribution in [2.75, 3.05) is 0 Å². The van der Waals surface area contributed by atoms with E-state index >= 15 is 0 Å². The van der Waals surface area contributed by atoms with Crippen LogP contribution in [0.25, 0.3) is 0 Å². The van der Waals surface area contributed by atoms with Crippen LogP contribution in [0.5, 0.6) is 0 Å². The summed E-state index contributed by atoms with van der Waals surface area (Å²) in [5.41, 5.74) is 3.21. The van der Waals surface area contributed by atoms with Gasteiger partial charge in [-0.05, 0) is 41.9 Å². The van der Waals surface area contributed by atoms with Crippen LogP contribution in [-0.4, -0.2) is 21.9 Å². The van der Waals surface area contributed by atoms with Crippen LogP contribution in [-0.2, 0) is 4.79 Å². The summed E-state index contributed by atoms with van der Waals surface area (Å²) < 4.78 is 15.1. The lowest BCUT2D eigenvalue weighted by molar-refractivity contribution is -0.124. The van der Waals surface area contributed by atoms with Gasteiger partial charge in [0.15, 0.2) is 5.13 Å². The number of aromatic nitrogens is 2. The van der Waals surface area contributed by atoms with Gasteiger partial charge >= 0.3 is 0 Å². The van der Waals surface area contributed by atoms with Crippen molar-refractivity contribution in [1.82, 2.24) is 15.2 Å². The first-order chi connectivity index (χ1) is 9.47. The van der Waals surface area contributed by atoms with Crippen LogP contribution in [0, 0.1) is 12.1 Å². The van der Waals surface area contributed by atoms with Crippen LogP contribution >= 0.6 is 27.3 Å². The number of aryl methyl sites for hydroxylation is 1. The van der Waals surface area contributed by atoms with Gasteiger partial charge in [-0.1, -0.05) is 0 Å². The van der Waals surface area contributed by atoms with Gasteiger partial charge in [0.2, 0.25) is 0 Å². The highest BCUT2D eigenvalue weighted by molar-refractivity contribution is 9.10. The topological polar surface area (TPSA) is 59.3 Å². The molecule has 2 rings (SSSR count). The first kappa shape index (κ1) is 14.9. The van der Waals surface area contributed by atoms with Gasteiger partial charge in [-0.2, -0.15) is 14.6 Å². The third kappa shape index (κ3) is 3.51. The van der Waals surface area contributed by atoms with Crippen molar-refractivity contribution in [3.05, 3.63) is 38.5 Å². The van der Waals surface area contributed by atoms with Crippen molar-refractivity contribution in [2.24, 2.45) is 5.10 Å². The third-order valence-electron chi connectivity index (χ3n) is 2.59. The van der Waals surface area contributed by atoms with Crippen LogP contribution in [0.3, 0.4) is 0 Å². The molecule has 0 aliphatic carbocycles. The van der Waals surface area contributed by atoms with Gasteiger partial charge in [-0.15, -0.1) is 11.3 Å². The second kappa shape index (κ2) is 6.27. The maximum absolute atomic E-state index is 12.8. The molecule has 2 heterocycles. The fraction of sp³-hybridized carbons (Fsp3) is 0.250. The summed E-state index contributed by atoms with van der Waals surface area (Å²) >= 11 is 4.30. The summed E-state index contributed by atoms with van der Waals surface area (Å²) in [4.78, 5) is 12.5. The van der Waals surface area contributed by atoms with E-state index in [-0.39, 0.29) is 11.0 Å². The zero-order valence-electron chi connectivity index (χ0n) is 10.8. The quantitative estimate of drug-likeness (QED) is 0.674. The number of hydrogen-bond acceptors (Lipinski definition) is 4. The lowest BCUT2D eigenvalue weighted by atomic mass is 10.3. The Kier molecular flexibility index (Phi) is 4.66. The fourth-order valence-corrected chi connectivity index (χ4v) is 2.32. The number of carbonyl (C=O) groups excluding carboxylic acids is 1. The summed E-state index contributed by atoms with van der Waals surface area (Å²) in [6.07, 6.45) is 3.14. The first-order valence-corrected chi connectivity index (χ1v) is 7.38. The standard InChI is InChI=1S/C12H12BrFN4OS/c1-7-10(13)6-18(17-7)8(2)12(19)16-15-5-9-3-4-11(14)20-9/h3-6,8H,1-2H3,(H,16,19)/b15-5-/t8-/m0/s1. The Morgan fingerprint density at radius 3 is 2.95 bits per heavy atom. The van der Waals surface area contributed by atoms with Crippen molar-refractivity contribution in [3.8, 4) is 0 Å². The number of rotatable bonds is 4. The Morgan fingerprint density at radius 1 is 1.65 bits per heavy atom. The van der Waals surface area contributed by atoms with E-state index in [9.17, 15) is 9.18 Å². The third-order valence-corrected chi connectivity index (χ3v) is 4.18. The van der Waals surface area contributed by atoms with Crippen LogP contribution in [0.1, 0.15) is 23.5 Å². The molecule has 106 valence electrons. The van der Waals surface area contributed by atoms with Gasteiger partial charge in [0.05, 0.1) is 21.3 Å². The molecule has 0 saturated heterocycles. The smallest absolute Gasteiger partial charge is 0.264 e. The lowest BCUT2D eigenvalue weighted by Crippen LogP contribution is -2.27. The van der Waals surface area contributed by atoms with E-state index in [1.807, 2.05) is 6.92 Å². The Hall–Kier alpha value is -1.54. The Morgan fingerprint density at radius 2 is 2.40 bits per heavy atom. The minimum atomic E-state index is -0.489. The Bertz CT molecular complexity index is 632. The molecule has 2 aromatic heterocycles. The van der Waals surface area contributed by atoms with E-state index in [2.05, 4.69) is 31.6 Å². The molecule has 2 aromatic rings. The molecule has 0 aliphatic rings. The van der Waals surface area contributed by atoms with Gasteiger partial charge in [0.1, 0.15) is 6.04 Å². The second-order valence-electron chi connectivity index (χ2n) is 4.09. The molecule has 1 N–H and O–H groups in total. The predicted molar refractivity (Wildman–Crippen MR) is 79.4 cm³/mol. The van der Waals surface area contributed by atoms with Crippen molar-refractivity contribution >= 4 is 39.4 Å². The van der Waals surface area contributed by atoms with Crippen molar-refractivity contribution < 1.29 is 9.18 Å². The van der Waals surface area contributed by atoms with Gasteiger partial charge in [0, 0.05) is 6.20 Å². The van der Waals surface area contributed by atoms with Crippen molar-refractivity contribution in [3.63, 3.8) is 0 Å². The van der Waals surface area contributed by atoms with Gasteiger partial charge < -0.3 is 0 Å². The molecule has 1 amide bonds. The zero-order valence-corrected chi connectivity index (χ0v) is 13.2. The zero-order chi connectivity index (χ0) is 14.7. The number of hydrazone groups is 1. The number of amides is 1. The minimum absolute atomic E-state index is 0.289. The van der Waals surface area contributed by atoms with E-state index in [0.717, 1.165) is 21.5 Å². The number of hydrogen-bond donors (Lipinski definition) is 1. The molecular formula is C12H12BrFN4OS. The molecular weight excluding hydrogens is 347 g/mol. The highest BCUT2D eigenvalue weighted by Gasteiger charge is 2.16. The molecule has 0 bridgehead atoms. The van der Waals surface area contributed by atoms with Crippen molar-refractivity contribution in [2.45, 2.75) is 19.9 Å². The lowest BCUT2D eigenvalue weighted by Gasteiger charge is -2.09. The maximum atomic E-state index is 12.8. The molecule has 0 aliphatic heterocycles. The molecule has 0 aromatic carbocycles. The summed E-state index contributed by atoms with van der Waals surface area (Å²) in [7, 11) is 0. The van der Waals surface area contributed by atoms with Crippen molar-refractivity contribution in [1.29, 1.82) is 0 Å². The number of nitrogens with zero attached hydrogens (tertiary/aromatic N) is 3. The number of nitrogens with one attached hydrogen (secondary N) is 1. The summed E-state index contributed by atoms with van der Waals surface area (Å²) in [5, 5.41) is 7.72. The number of thiophene rings is 1. The Balaban J connectivity index is 1.96. The molecule has 1 atom stereocenters. The van der Waals surface area contributed by atoms with Crippen LogP contribution in [0.15, 0.2) is 27.9 Å². The number of halogens is 2. The number of carbonyl (C=O) groups is 1. The summed E-state index contributed by atoms with van der Waals surface area (Å²) in [5.74, 6) is -0.298. The fourth-order valence-electron chi connectivity index (χ4n) is 1.43. The van der Waals surface area contributed by atoms with Crippen LogP contribution in [0.2, 0.25) is 0 Å². The normalized spacial score (nSPS) is 12.8. The maximum Gasteiger partial charge on any atom is 0.264 e. The molecule has 0 radical (unpaired) electrons. The highest BCUT2D eigenvalue weighted by Crippen LogP contribution is 2.16. The monoisotopic (exact) mass is 358 g/mol. The summed E-state index contributed by atoms with van der Waals surface area (Å²) in [6.45, 7) is 3.56. The molecule has 5 nitrogen and oxygen atoms in total. The first-order valence-electron chi connectivity index (χ1n) is 5.77. The molecule has 8 heteroatoms. The van der Waals surface area contributed by atoms with Crippen LogP contribution in [0.4, 0.5) is 4.39 Å². The van der Waals surface area contributed by atoms with Gasteiger partial charge in [-0.3, -0.25) is 9.48 Å². The Labute approximate surface area is 127 Å². The van der Waals surface area contributed by atoms with Gasteiger partial charge in [-0.25, -0.2) is 5.43 Å². The summed E-state index contributed by atoms with van der Waals surface area (Å²) in [6, 6.07) is 2.45. The van der Waals surface area contributed by atoms with E-state index in [1.165, 1.54) is 12.3 Å². The van der Waals surface area contributed by atoms with E-state index in [4.69, 9.17) is 0 Å². The van der Waals surface area contributed by atoms with E-state index in [1.54, 1.807) is 23.9 Å².